The minimum Gasteiger partial charge on any atom is -0.325 e. The summed E-state index contributed by atoms with van der Waals surface area (Å²) in [4.78, 5) is 2.47. The van der Waals surface area contributed by atoms with Crippen LogP contribution < -0.4 is 5.73 Å². The van der Waals surface area contributed by atoms with E-state index in [9.17, 15) is 0 Å². The van der Waals surface area contributed by atoms with E-state index in [1.165, 1.54) is 45.1 Å². The Morgan fingerprint density at radius 2 is 1.94 bits per heavy atom. The summed E-state index contributed by atoms with van der Waals surface area (Å²) in [6.45, 7) is 9.36. The molecule has 1 aliphatic carbocycles. The highest BCUT2D eigenvalue weighted by Crippen LogP contribution is 2.28. The maximum absolute atomic E-state index is 6.45. The first-order valence-electron chi connectivity index (χ1n) is 6.82. The largest absolute Gasteiger partial charge is 0.325 e. The topological polar surface area (TPSA) is 29.3 Å². The van der Waals surface area contributed by atoms with Crippen LogP contribution in [0.3, 0.4) is 0 Å². The van der Waals surface area contributed by atoms with Crippen molar-refractivity contribution in [2.45, 2.75) is 57.4 Å². The highest BCUT2D eigenvalue weighted by molar-refractivity contribution is 4.88. The summed E-state index contributed by atoms with van der Waals surface area (Å²) < 4.78 is 0. The molecule has 1 saturated carbocycles. The van der Waals surface area contributed by atoms with E-state index in [1.54, 1.807) is 0 Å². The van der Waals surface area contributed by atoms with Crippen LogP contribution in [-0.2, 0) is 0 Å². The van der Waals surface area contributed by atoms with Gasteiger partial charge in [0.05, 0.1) is 0 Å². The zero-order valence-corrected chi connectivity index (χ0v) is 10.9. The molecule has 2 heteroatoms. The van der Waals surface area contributed by atoms with Crippen molar-refractivity contribution < 1.29 is 0 Å². The Kier molecular flexibility index (Phi) is 6.07. The number of rotatable bonds is 7. The van der Waals surface area contributed by atoms with Crippen LogP contribution in [0.25, 0.3) is 0 Å². The zero-order valence-electron chi connectivity index (χ0n) is 10.9. The Morgan fingerprint density at radius 3 is 2.50 bits per heavy atom. The first-order chi connectivity index (χ1) is 7.70. The van der Waals surface area contributed by atoms with Crippen LogP contribution in [0, 0.1) is 0 Å². The molecular weight excluding hydrogens is 196 g/mol. The molecule has 16 heavy (non-hydrogen) atoms. The average molecular weight is 224 g/mol. The summed E-state index contributed by atoms with van der Waals surface area (Å²) in [6.07, 6.45) is 10.8. The van der Waals surface area contributed by atoms with E-state index < -0.39 is 0 Å². The van der Waals surface area contributed by atoms with Crippen LogP contribution in [-0.4, -0.2) is 30.1 Å². The predicted molar refractivity (Wildman–Crippen MR) is 71.5 cm³/mol. The summed E-state index contributed by atoms with van der Waals surface area (Å²) in [6, 6.07) is 0. The van der Waals surface area contributed by atoms with Crippen molar-refractivity contribution in [2.24, 2.45) is 5.73 Å². The molecule has 1 aliphatic rings. The number of hydrogen-bond donors (Lipinski definition) is 1. The average Bonchev–Trinajstić information content (AvgIpc) is 2.28. The third-order valence-corrected chi connectivity index (χ3v) is 3.70. The van der Waals surface area contributed by atoms with E-state index in [0.717, 1.165) is 19.5 Å². The van der Waals surface area contributed by atoms with Crippen molar-refractivity contribution in [1.29, 1.82) is 0 Å². The van der Waals surface area contributed by atoms with Crippen LogP contribution in [0.4, 0.5) is 0 Å². The van der Waals surface area contributed by atoms with Crippen LogP contribution >= 0.6 is 0 Å². The molecule has 0 spiro atoms. The van der Waals surface area contributed by atoms with Gasteiger partial charge in [-0.3, -0.25) is 4.90 Å². The lowest BCUT2D eigenvalue weighted by molar-refractivity contribution is 0.219. The van der Waals surface area contributed by atoms with Gasteiger partial charge in [0.15, 0.2) is 0 Å². The Bertz CT molecular complexity index is 195. The van der Waals surface area contributed by atoms with Gasteiger partial charge < -0.3 is 5.73 Å². The van der Waals surface area contributed by atoms with E-state index in [0.29, 0.717) is 0 Å². The molecule has 0 aromatic heterocycles. The third-order valence-electron chi connectivity index (χ3n) is 3.70. The molecule has 1 fully saturated rings. The minimum atomic E-state index is 0.130. The molecule has 0 radical (unpaired) electrons. The second-order valence-electron chi connectivity index (χ2n) is 5.26. The SMILES string of the molecule is C=CCN(CCC)CCC1(N)CCCCC1. The van der Waals surface area contributed by atoms with Crippen molar-refractivity contribution >= 4 is 0 Å². The summed E-state index contributed by atoms with van der Waals surface area (Å²) in [5.74, 6) is 0. The Balaban J connectivity index is 2.31. The summed E-state index contributed by atoms with van der Waals surface area (Å²) in [5, 5.41) is 0. The van der Waals surface area contributed by atoms with Gasteiger partial charge in [-0.25, -0.2) is 0 Å². The van der Waals surface area contributed by atoms with E-state index in [1.807, 2.05) is 6.08 Å². The predicted octanol–water partition coefficient (Wildman–Crippen LogP) is 2.94. The smallest absolute Gasteiger partial charge is 0.0166 e. The molecule has 94 valence electrons. The molecular formula is C14H28N2. The van der Waals surface area contributed by atoms with E-state index in [4.69, 9.17) is 5.73 Å². The third kappa shape index (κ3) is 4.67. The van der Waals surface area contributed by atoms with Crippen LogP contribution in [0.15, 0.2) is 12.7 Å². The lowest BCUT2D eigenvalue weighted by atomic mass is 9.80. The first kappa shape index (κ1) is 13.7. The maximum Gasteiger partial charge on any atom is 0.0166 e. The van der Waals surface area contributed by atoms with Crippen molar-refractivity contribution in [3.8, 4) is 0 Å². The molecule has 0 amide bonds. The summed E-state index contributed by atoms with van der Waals surface area (Å²) in [5.41, 5.74) is 6.58. The zero-order chi connectivity index (χ0) is 11.9. The molecule has 1 rings (SSSR count). The number of nitrogens with two attached hydrogens (primary N) is 1. The van der Waals surface area contributed by atoms with Gasteiger partial charge in [0.2, 0.25) is 0 Å². The fraction of sp³-hybridized carbons (Fsp3) is 0.857. The fourth-order valence-corrected chi connectivity index (χ4v) is 2.68. The van der Waals surface area contributed by atoms with Gasteiger partial charge in [-0.15, -0.1) is 6.58 Å². The highest BCUT2D eigenvalue weighted by Gasteiger charge is 2.27. The van der Waals surface area contributed by atoms with Crippen molar-refractivity contribution in [3.05, 3.63) is 12.7 Å². The van der Waals surface area contributed by atoms with Gasteiger partial charge in [-0.2, -0.15) is 0 Å². The second-order valence-corrected chi connectivity index (χ2v) is 5.26. The van der Waals surface area contributed by atoms with Gasteiger partial charge in [-0.05, 0) is 32.2 Å². The van der Waals surface area contributed by atoms with E-state index >= 15 is 0 Å². The van der Waals surface area contributed by atoms with E-state index in [2.05, 4.69) is 18.4 Å². The lowest BCUT2D eigenvalue weighted by Crippen LogP contribution is -2.44. The molecule has 0 bridgehead atoms. The molecule has 0 aromatic rings. The van der Waals surface area contributed by atoms with Gasteiger partial charge >= 0.3 is 0 Å². The van der Waals surface area contributed by atoms with Gasteiger partial charge in [0.1, 0.15) is 0 Å². The molecule has 0 unspecified atom stereocenters. The normalized spacial score (nSPS) is 19.9. The monoisotopic (exact) mass is 224 g/mol. The molecule has 0 aromatic carbocycles. The van der Waals surface area contributed by atoms with E-state index in [-0.39, 0.29) is 5.54 Å². The lowest BCUT2D eigenvalue weighted by Gasteiger charge is -2.35. The van der Waals surface area contributed by atoms with Crippen LogP contribution in [0.1, 0.15) is 51.9 Å². The van der Waals surface area contributed by atoms with Gasteiger partial charge in [-0.1, -0.05) is 32.3 Å². The van der Waals surface area contributed by atoms with Crippen molar-refractivity contribution in [1.82, 2.24) is 4.90 Å². The quantitative estimate of drug-likeness (QED) is 0.674. The van der Waals surface area contributed by atoms with Crippen molar-refractivity contribution in [3.63, 3.8) is 0 Å². The summed E-state index contributed by atoms with van der Waals surface area (Å²) in [7, 11) is 0. The molecule has 0 aliphatic heterocycles. The number of nitrogens with zero attached hydrogens (tertiary/aromatic N) is 1. The first-order valence-corrected chi connectivity index (χ1v) is 6.82. The molecule has 2 N–H and O–H groups in total. The van der Waals surface area contributed by atoms with Crippen LogP contribution in [0.5, 0.6) is 0 Å². The number of hydrogen-bond acceptors (Lipinski definition) is 2. The standard InChI is InChI=1S/C14H28N2/c1-3-11-16(12-4-2)13-10-14(15)8-6-5-7-9-14/h3H,1,4-13,15H2,2H3. The fourth-order valence-electron chi connectivity index (χ4n) is 2.68. The molecule has 0 heterocycles. The second kappa shape index (κ2) is 7.08. The Hall–Kier alpha value is -0.340. The summed E-state index contributed by atoms with van der Waals surface area (Å²) >= 11 is 0. The maximum atomic E-state index is 6.45. The van der Waals surface area contributed by atoms with Crippen LogP contribution in [0.2, 0.25) is 0 Å². The Labute approximate surface area is 101 Å². The minimum absolute atomic E-state index is 0.130. The van der Waals surface area contributed by atoms with Crippen molar-refractivity contribution in [2.75, 3.05) is 19.6 Å². The molecule has 0 saturated heterocycles. The molecule has 0 atom stereocenters. The van der Waals surface area contributed by atoms with Gasteiger partial charge in [0.25, 0.3) is 0 Å². The Morgan fingerprint density at radius 1 is 1.25 bits per heavy atom. The molecule has 2 nitrogen and oxygen atoms in total. The van der Waals surface area contributed by atoms with Gasteiger partial charge in [0, 0.05) is 18.6 Å². The highest BCUT2D eigenvalue weighted by atomic mass is 15.1.